The van der Waals surface area contributed by atoms with Gasteiger partial charge in [0.15, 0.2) is 9.84 Å². The quantitative estimate of drug-likeness (QED) is 0.783. The predicted octanol–water partition coefficient (Wildman–Crippen LogP) is 0.930. The number of amides is 2. The largest absolute Gasteiger partial charge is 0.296 e. The lowest BCUT2D eigenvalue weighted by atomic mass is 9.67. The van der Waals surface area contributed by atoms with E-state index in [1.165, 1.54) is 0 Å². The van der Waals surface area contributed by atoms with E-state index in [-0.39, 0.29) is 29.7 Å². The van der Waals surface area contributed by atoms with Crippen LogP contribution in [0.4, 0.5) is 0 Å². The van der Waals surface area contributed by atoms with Crippen molar-refractivity contribution in [1.82, 2.24) is 5.32 Å². The molecule has 2 fully saturated rings. The highest BCUT2D eigenvalue weighted by Crippen LogP contribution is 2.49. The van der Waals surface area contributed by atoms with Crippen LogP contribution in [0.25, 0.3) is 0 Å². The van der Waals surface area contributed by atoms with E-state index in [0.717, 1.165) is 11.1 Å². The first-order chi connectivity index (χ1) is 9.81. The molecule has 1 aromatic rings. The van der Waals surface area contributed by atoms with Crippen LogP contribution in [-0.2, 0) is 19.4 Å². The van der Waals surface area contributed by atoms with Crippen molar-refractivity contribution in [3.05, 3.63) is 35.4 Å². The van der Waals surface area contributed by atoms with Gasteiger partial charge in [0.05, 0.1) is 17.4 Å². The number of sulfone groups is 1. The fraction of sp³-hybridized carbons (Fsp3) is 0.467. The number of piperidine rings is 1. The number of imide groups is 1. The molecule has 21 heavy (non-hydrogen) atoms. The van der Waals surface area contributed by atoms with Crippen LogP contribution in [0.1, 0.15) is 29.9 Å². The first-order valence-corrected chi connectivity index (χ1v) is 8.74. The predicted molar refractivity (Wildman–Crippen MR) is 77.4 cm³/mol. The first kappa shape index (κ1) is 14.3. The molecule has 2 aliphatic heterocycles. The van der Waals surface area contributed by atoms with Crippen LogP contribution < -0.4 is 5.32 Å². The number of aryl methyl sites for hydroxylation is 1. The van der Waals surface area contributed by atoms with Gasteiger partial charge in [-0.1, -0.05) is 29.8 Å². The molecule has 1 spiro atoms. The Morgan fingerprint density at radius 3 is 2.43 bits per heavy atom. The SMILES string of the molecule is Cc1ccc(C2C(=O)NC(=O)CC23CCS(=O)(=O)C3)cc1. The Morgan fingerprint density at radius 2 is 1.86 bits per heavy atom. The second-order valence-corrected chi connectivity index (χ2v) is 8.32. The molecule has 3 rings (SSSR count). The van der Waals surface area contributed by atoms with Crippen LogP contribution >= 0.6 is 0 Å². The Morgan fingerprint density at radius 1 is 1.19 bits per heavy atom. The molecule has 0 aliphatic carbocycles. The van der Waals surface area contributed by atoms with E-state index in [1.807, 2.05) is 31.2 Å². The van der Waals surface area contributed by atoms with E-state index in [9.17, 15) is 18.0 Å². The standard InChI is InChI=1S/C15H17NO4S/c1-10-2-4-11(5-3-10)13-14(18)16-12(17)8-15(13)6-7-21(19,20)9-15/h2-5,13H,6-9H2,1H3,(H,16,17,18). The molecule has 2 saturated heterocycles. The summed E-state index contributed by atoms with van der Waals surface area (Å²) in [4.78, 5) is 24.1. The highest BCUT2D eigenvalue weighted by atomic mass is 32.2. The third kappa shape index (κ3) is 2.48. The molecule has 5 nitrogen and oxygen atoms in total. The average Bonchev–Trinajstić information content (AvgIpc) is 2.66. The van der Waals surface area contributed by atoms with Crippen molar-refractivity contribution in [1.29, 1.82) is 0 Å². The van der Waals surface area contributed by atoms with Crippen LogP contribution in [0.2, 0.25) is 0 Å². The summed E-state index contributed by atoms with van der Waals surface area (Å²) >= 11 is 0. The Labute approximate surface area is 123 Å². The van der Waals surface area contributed by atoms with E-state index in [0.29, 0.717) is 6.42 Å². The molecule has 1 aromatic carbocycles. The maximum atomic E-state index is 12.3. The van der Waals surface area contributed by atoms with Gasteiger partial charge in [-0.25, -0.2) is 8.42 Å². The smallest absolute Gasteiger partial charge is 0.234 e. The van der Waals surface area contributed by atoms with Gasteiger partial charge in [-0.05, 0) is 18.9 Å². The topological polar surface area (TPSA) is 80.3 Å². The molecule has 2 aliphatic rings. The van der Waals surface area contributed by atoms with Crippen LogP contribution in [-0.4, -0.2) is 31.7 Å². The van der Waals surface area contributed by atoms with Gasteiger partial charge in [-0.15, -0.1) is 0 Å². The van der Waals surface area contributed by atoms with E-state index in [1.54, 1.807) is 0 Å². The molecule has 0 bridgehead atoms. The van der Waals surface area contributed by atoms with Gasteiger partial charge in [-0.2, -0.15) is 0 Å². The lowest BCUT2D eigenvalue weighted by Crippen LogP contribution is -2.51. The van der Waals surface area contributed by atoms with Gasteiger partial charge >= 0.3 is 0 Å². The van der Waals surface area contributed by atoms with Gasteiger partial charge in [0.25, 0.3) is 0 Å². The number of carbonyl (C=O) groups excluding carboxylic acids is 2. The highest BCUT2D eigenvalue weighted by molar-refractivity contribution is 7.91. The molecule has 1 N–H and O–H groups in total. The third-order valence-corrected chi connectivity index (χ3v) is 6.32. The molecular formula is C15H17NO4S. The Bertz CT molecular complexity index is 708. The van der Waals surface area contributed by atoms with E-state index in [2.05, 4.69) is 5.32 Å². The summed E-state index contributed by atoms with van der Waals surface area (Å²) in [5.74, 6) is -1.37. The molecule has 0 saturated carbocycles. The molecule has 2 unspecified atom stereocenters. The van der Waals surface area contributed by atoms with Gasteiger partial charge in [-0.3, -0.25) is 14.9 Å². The molecular weight excluding hydrogens is 290 g/mol. The summed E-state index contributed by atoms with van der Waals surface area (Å²) in [7, 11) is -3.18. The summed E-state index contributed by atoms with van der Waals surface area (Å²) in [5.41, 5.74) is 1.06. The van der Waals surface area contributed by atoms with E-state index >= 15 is 0 Å². The summed E-state index contributed by atoms with van der Waals surface area (Å²) in [6, 6.07) is 7.50. The zero-order chi connectivity index (χ0) is 15.3. The summed E-state index contributed by atoms with van der Waals surface area (Å²) in [6.07, 6.45) is 0.462. The Hall–Kier alpha value is -1.69. The van der Waals surface area contributed by atoms with Crippen molar-refractivity contribution in [3.63, 3.8) is 0 Å². The van der Waals surface area contributed by atoms with Gasteiger partial charge in [0.1, 0.15) is 0 Å². The monoisotopic (exact) mass is 307 g/mol. The number of benzene rings is 1. The number of hydrogen-bond donors (Lipinski definition) is 1. The Kier molecular flexibility index (Phi) is 3.16. The molecule has 2 atom stereocenters. The number of hydrogen-bond acceptors (Lipinski definition) is 4. The zero-order valence-electron chi connectivity index (χ0n) is 11.8. The average molecular weight is 307 g/mol. The van der Waals surface area contributed by atoms with Crippen LogP contribution in [0.15, 0.2) is 24.3 Å². The molecule has 2 amide bonds. The maximum absolute atomic E-state index is 12.3. The van der Waals surface area contributed by atoms with Crippen molar-refractivity contribution in [2.45, 2.75) is 25.7 Å². The van der Waals surface area contributed by atoms with E-state index < -0.39 is 21.2 Å². The zero-order valence-corrected chi connectivity index (χ0v) is 12.6. The van der Waals surface area contributed by atoms with Crippen LogP contribution in [0.5, 0.6) is 0 Å². The number of nitrogens with one attached hydrogen (secondary N) is 1. The molecule has 112 valence electrons. The van der Waals surface area contributed by atoms with Crippen molar-refractivity contribution >= 4 is 21.7 Å². The molecule has 0 radical (unpaired) electrons. The fourth-order valence-corrected chi connectivity index (χ4v) is 5.68. The number of carbonyl (C=O) groups is 2. The van der Waals surface area contributed by atoms with Crippen molar-refractivity contribution in [2.75, 3.05) is 11.5 Å². The van der Waals surface area contributed by atoms with Crippen LogP contribution in [0.3, 0.4) is 0 Å². The van der Waals surface area contributed by atoms with E-state index in [4.69, 9.17) is 0 Å². The minimum atomic E-state index is -3.18. The van der Waals surface area contributed by atoms with Crippen LogP contribution in [0, 0.1) is 12.3 Å². The Balaban J connectivity index is 2.08. The van der Waals surface area contributed by atoms with Gasteiger partial charge in [0, 0.05) is 11.8 Å². The van der Waals surface area contributed by atoms with Gasteiger partial charge in [0.2, 0.25) is 11.8 Å². The van der Waals surface area contributed by atoms with Crippen molar-refractivity contribution in [2.24, 2.45) is 5.41 Å². The van der Waals surface area contributed by atoms with Gasteiger partial charge < -0.3 is 0 Å². The minimum absolute atomic E-state index is 0.0515. The minimum Gasteiger partial charge on any atom is -0.296 e. The summed E-state index contributed by atoms with van der Waals surface area (Å²) < 4.78 is 23.8. The summed E-state index contributed by atoms with van der Waals surface area (Å²) in [6.45, 7) is 1.95. The fourth-order valence-electron chi connectivity index (χ4n) is 3.53. The maximum Gasteiger partial charge on any atom is 0.234 e. The normalized spacial score (nSPS) is 31.4. The first-order valence-electron chi connectivity index (χ1n) is 6.92. The van der Waals surface area contributed by atoms with Crippen molar-refractivity contribution in [3.8, 4) is 0 Å². The lowest BCUT2D eigenvalue weighted by molar-refractivity contribution is -0.139. The second-order valence-electron chi connectivity index (χ2n) is 6.14. The molecule has 0 aromatic heterocycles. The lowest BCUT2D eigenvalue weighted by Gasteiger charge is -2.39. The molecule has 6 heteroatoms. The number of rotatable bonds is 1. The second kappa shape index (κ2) is 4.66. The molecule has 2 heterocycles. The summed E-state index contributed by atoms with van der Waals surface area (Å²) in [5, 5.41) is 2.35. The van der Waals surface area contributed by atoms with Crippen molar-refractivity contribution < 1.29 is 18.0 Å². The highest BCUT2D eigenvalue weighted by Gasteiger charge is 2.54. The third-order valence-electron chi connectivity index (χ3n) is 4.48.